The van der Waals surface area contributed by atoms with E-state index in [1.807, 2.05) is 13.0 Å². The van der Waals surface area contributed by atoms with E-state index in [9.17, 15) is 5.11 Å². The van der Waals surface area contributed by atoms with Gasteiger partial charge in [-0.2, -0.15) is 5.10 Å². The highest BCUT2D eigenvalue weighted by molar-refractivity contribution is 7.80. The van der Waals surface area contributed by atoms with Gasteiger partial charge < -0.3 is 5.11 Å². The Morgan fingerprint density at radius 3 is 2.77 bits per heavy atom. The molecule has 2 aromatic carbocycles. The lowest BCUT2D eigenvalue weighted by Crippen LogP contribution is -2.21. The van der Waals surface area contributed by atoms with Crippen molar-refractivity contribution in [2.75, 3.05) is 0 Å². The first kappa shape index (κ1) is 21.0. The molecule has 30 heavy (non-hydrogen) atoms. The molecule has 0 amide bonds. The van der Waals surface area contributed by atoms with E-state index < -0.39 is 0 Å². The molecule has 2 aromatic rings. The SMILES string of the molecule is CCCC1CCCc2ccc(C3C(=S)NN=C3c3cc(C(C)C)c(C)cc3O)cc21. The van der Waals surface area contributed by atoms with Crippen molar-refractivity contribution in [2.24, 2.45) is 5.10 Å². The fraction of sp³-hybridized carbons (Fsp3) is 0.462. The predicted molar refractivity (Wildman–Crippen MR) is 129 cm³/mol. The van der Waals surface area contributed by atoms with Gasteiger partial charge in [-0.25, -0.2) is 0 Å². The molecule has 1 aliphatic carbocycles. The zero-order valence-corrected chi connectivity index (χ0v) is 19.3. The third kappa shape index (κ3) is 3.78. The molecule has 2 N–H and O–H groups in total. The summed E-state index contributed by atoms with van der Waals surface area (Å²) in [5.41, 5.74) is 11.1. The quantitative estimate of drug-likeness (QED) is 0.545. The summed E-state index contributed by atoms with van der Waals surface area (Å²) < 4.78 is 0. The second kappa shape index (κ2) is 8.50. The molecule has 1 aliphatic heterocycles. The smallest absolute Gasteiger partial charge is 0.125 e. The number of hydrogen-bond donors (Lipinski definition) is 2. The molecule has 0 aromatic heterocycles. The van der Waals surface area contributed by atoms with Crippen molar-refractivity contribution in [3.05, 3.63) is 63.7 Å². The summed E-state index contributed by atoms with van der Waals surface area (Å²) in [4.78, 5) is 0.707. The van der Waals surface area contributed by atoms with Gasteiger partial charge in [0.1, 0.15) is 10.7 Å². The highest BCUT2D eigenvalue weighted by Gasteiger charge is 2.33. The molecule has 1 heterocycles. The van der Waals surface area contributed by atoms with Crippen LogP contribution in [0, 0.1) is 6.92 Å². The van der Waals surface area contributed by atoms with Crippen LogP contribution in [0.1, 0.15) is 97.6 Å². The topological polar surface area (TPSA) is 44.6 Å². The number of hydrogen-bond acceptors (Lipinski definition) is 3. The summed E-state index contributed by atoms with van der Waals surface area (Å²) in [6, 6.07) is 10.8. The van der Waals surface area contributed by atoms with Crippen LogP contribution in [0.15, 0.2) is 35.4 Å². The van der Waals surface area contributed by atoms with Gasteiger partial charge in [0.15, 0.2) is 0 Å². The Bertz CT molecular complexity index is 1010. The molecule has 0 fully saturated rings. The van der Waals surface area contributed by atoms with Gasteiger partial charge in [0, 0.05) is 5.56 Å². The molecule has 0 saturated heterocycles. The van der Waals surface area contributed by atoms with Crippen LogP contribution in [-0.4, -0.2) is 15.8 Å². The maximum absolute atomic E-state index is 10.8. The summed E-state index contributed by atoms with van der Waals surface area (Å²) >= 11 is 5.68. The lowest BCUT2D eigenvalue weighted by atomic mass is 9.78. The van der Waals surface area contributed by atoms with Crippen LogP contribution in [0.2, 0.25) is 0 Å². The van der Waals surface area contributed by atoms with E-state index in [1.165, 1.54) is 54.4 Å². The Labute approximate surface area is 185 Å². The molecule has 158 valence electrons. The minimum atomic E-state index is -0.122. The van der Waals surface area contributed by atoms with Crippen LogP contribution in [-0.2, 0) is 6.42 Å². The number of aromatic hydroxyl groups is 1. The van der Waals surface area contributed by atoms with Crippen molar-refractivity contribution in [1.29, 1.82) is 0 Å². The highest BCUT2D eigenvalue weighted by atomic mass is 32.1. The van der Waals surface area contributed by atoms with E-state index in [-0.39, 0.29) is 11.7 Å². The number of thiocarbonyl (C=S) groups is 1. The van der Waals surface area contributed by atoms with Gasteiger partial charge in [-0.15, -0.1) is 0 Å². The number of phenols is 1. The second-order valence-electron chi connectivity index (χ2n) is 9.12. The Kier molecular flexibility index (Phi) is 5.97. The molecule has 0 spiro atoms. The van der Waals surface area contributed by atoms with Crippen LogP contribution >= 0.6 is 12.2 Å². The molecule has 4 rings (SSSR count). The number of nitrogens with one attached hydrogen (secondary N) is 1. The second-order valence-corrected chi connectivity index (χ2v) is 9.56. The minimum Gasteiger partial charge on any atom is -0.507 e. The maximum atomic E-state index is 10.8. The summed E-state index contributed by atoms with van der Waals surface area (Å²) in [5, 5.41) is 15.3. The number of benzene rings is 2. The Morgan fingerprint density at radius 2 is 2.03 bits per heavy atom. The number of fused-ring (bicyclic) bond motifs is 1. The first-order valence-corrected chi connectivity index (χ1v) is 11.7. The van der Waals surface area contributed by atoms with Crippen LogP contribution in [0.25, 0.3) is 0 Å². The normalized spacial score (nSPS) is 20.8. The lowest BCUT2D eigenvalue weighted by molar-refractivity contribution is 0.473. The average Bonchev–Trinajstić information content (AvgIpc) is 3.09. The van der Waals surface area contributed by atoms with Crippen molar-refractivity contribution in [2.45, 2.75) is 77.6 Å². The van der Waals surface area contributed by atoms with E-state index in [0.29, 0.717) is 16.8 Å². The molecule has 2 aliphatic rings. The molecule has 2 atom stereocenters. The first-order chi connectivity index (χ1) is 14.4. The fourth-order valence-corrected chi connectivity index (χ4v) is 5.47. The monoisotopic (exact) mass is 420 g/mol. The van der Waals surface area contributed by atoms with E-state index in [4.69, 9.17) is 12.2 Å². The third-order valence-electron chi connectivity index (χ3n) is 6.68. The van der Waals surface area contributed by atoms with Gasteiger partial charge in [0.25, 0.3) is 0 Å². The number of phenolic OH excluding ortho intramolecular Hbond substituents is 1. The van der Waals surface area contributed by atoms with Crippen LogP contribution < -0.4 is 5.43 Å². The zero-order valence-electron chi connectivity index (χ0n) is 18.5. The summed E-state index contributed by atoms with van der Waals surface area (Å²) in [6.45, 7) is 8.67. The van der Waals surface area contributed by atoms with Crippen molar-refractivity contribution in [3.63, 3.8) is 0 Å². The Morgan fingerprint density at radius 1 is 1.23 bits per heavy atom. The van der Waals surface area contributed by atoms with Crippen molar-refractivity contribution < 1.29 is 5.11 Å². The number of aryl methyl sites for hydroxylation is 2. The Hall–Kier alpha value is -2.20. The Balaban J connectivity index is 1.77. The van der Waals surface area contributed by atoms with Gasteiger partial charge in [-0.3, -0.25) is 5.43 Å². The molecule has 4 heteroatoms. The molecule has 0 saturated carbocycles. The molecule has 2 unspecified atom stereocenters. The van der Waals surface area contributed by atoms with E-state index in [2.05, 4.69) is 55.6 Å². The minimum absolute atomic E-state index is 0.122. The molecular weight excluding hydrogens is 388 g/mol. The number of rotatable bonds is 5. The first-order valence-electron chi connectivity index (χ1n) is 11.2. The average molecular weight is 421 g/mol. The van der Waals surface area contributed by atoms with Gasteiger partial charge in [0.05, 0.1) is 11.6 Å². The van der Waals surface area contributed by atoms with E-state index in [0.717, 1.165) is 16.8 Å². The van der Waals surface area contributed by atoms with E-state index >= 15 is 0 Å². The zero-order chi connectivity index (χ0) is 21.4. The van der Waals surface area contributed by atoms with Crippen molar-refractivity contribution in [3.8, 4) is 5.75 Å². The van der Waals surface area contributed by atoms with Gasteiger partial charge in [-0.05, 0) is 84.4 Å². The lowest BCUT2D eigenvalue weighted by Gasteiger charge is -2.27. The van der Waals surface area contributed by atoms with Crippen LogP contribution in [0.4, 0.5) is 0 Å². The van der Waals surface area contributed by atoms with Gasteiger partial charge in [-0.1, -0.05) is 57.6 Å². The summed E-state index contributed by atoms with van der Waals surface area (Å²) in [6.07, 6.45) is 6.17. The van der Waals surface area contributed by atoms with Gasteiger partial charge >= 0.3 is 0 Å². The highest BCUT2D eigenvalue weighted by Crippen LogP contribution is 2.39. The van der Waals surface area contributed by atoms with Gasteiger partial charge in [0.2, 0.25) is 0 Å². The third-order valence-corrected chi connectivity index (χ3v) is 7.01. The van der Waals surface area contributed by atoms with Crippen molar-refractivity contribution in [1.82, 2.24) is 5.43 Å². The maximum Gasteiger partial charge on any atom is 0.125 e. The molecule has 0 radical (unpaired) electrons. The fourth-order valence-electron chi connectivity index (χ4n) is 5.17. The number of nitrogens with zero attached hydrogens (tertiary/aromatic N) is 1. The standard InChI is InChI=1S/C26H32N2OS/c1-5-7-17-8-6-9-18-10-11-19(13-21(17)18)24-25(27-28-26(24)30)22-14-20(15(2)3)16(4)12-23(22)29/h10-15,17,24,29H,5-9H2,1-4H3,(H,28,30). The van der Waals surface area contributed by atoms with E-state index in [1.54, 1.807) is 0 Å². The largest absolute Gasteiger partial charge is 0.507 e. The van der Waals surface area contributed by atoms with Crippen molar-refractivity contribution >= 4 is 22.9 Å². The molecule has 3 nitrogen and oxygen atoms in total. The summed E-state index contributed by atoms with van der Waals surface area (Å²) in [5.74, 6) is 1.17. The molecule has 0 bridgehead atoms. The number of hydrazone groups is 1. The summed E-state index contributed by atoms with van der Waals surface area (Å²) in [7, 11) is 0. The predicted octanol–water partition coefficient (Wildman–Crippen LogP) is 6.46. The van der Waals surface area contributed by atoms with Crippen LogP contribution in [0.5, 0.6) is 5.75 Å². The van der Waals surface area contributed by atoms with Crippen LogP contribution in [0.3, 0.4) is 0 Å². The molecular formula is C26H32N2OS.